The number of furan rings is 2. The Kier molecular flexibility index (Phi) is 7.32. The molecule has 0 radical (unpaired) electrons. The van der Waals surface area contributed by atoms with Crippen molar-refractivity contribution < 1.29 is 35.7 Å². The third-order valence-corrected chi connectivity index (χ3v) is 14.2. The van der Waals surface area contributed by atoms with Crippen LogP contribution in [-0.4, -0.2) is 14.8 Å². The van der Waals surface area contributed by atoms with E-state index in [0.717, 1.165) is 105 Å². The lowest BCUT2D eigenvalue weighted by molar-refractivity contribution is -0.841. The van der Waals surface area contributed by atoms with Crippen LogP contribution in [-0.2, 0) is 25.3 Å². The van der Waals surface area contributed by atoms with Crippen LogP contribution in [0.2, 0.25) is 0 Å². The Labute approximate surface area is 373 Å². The van der Waals surface area contributed by atoms with Crippen LogP contribution < -0.4 is 13.7 Å². The van der Waals surface area contributed by atoms with Gasteiger partial charge in [0.2, 0.25) is 40.5 Å². The maximum atomic E-state index is 14.3. The summed E-state index contributed by atoms with van der Waals surface area (Å²) in [5.74, 6) is -1.09. The zero-order valence-corrected chi connectivity index (χ0v) is 35.5. The number of alkyl halides is 3. The highest BCUT2D eigenvalue weighted by Gasteiger charge is 2.69. The highest BCUT2D eigenvalue weighted by Crippen LogP contribution is 2.57. The second-order valence-electron chi connectivity index (χ2n) is 17.5. The zero-order chi connectivity index (χ0) is 44.2. The minimum absolute atomic E-state index is 0.102. The molecule has 14 rings (SSSR count). The molecule has 1 spiro atoms. The number of hydrogen-bond acceptors (Lipinski definition) is 4. The first-order valence-electron chi connectivity index (χ1n) is 22.0. The second kappa shape index (κ2) is 13.0. The van der Waals surface area contributed by atoms with E-state index in [4.69, 9.17) is 8.83 Å². The Balaban J connectivity index is 1.20. The van der Waals surface area contributed by atoms with Gasteiger partial charge < -0.3 is 8.83 Å². The average molecular weight is 870 g/mol. The number of fused-ring (bicyclic) bond motifs is 21. The molecule has 0 aliphatic carbocycles. The summed E-state index contributed by atoms with van der Waals surface area (Å²) in [6, 6.07) is 54.0. The maximum absolute atomic E-state index is 14.3. The molecule has 0 fully saturated rings. The monoisotopic (exact) mass is 869 g/mol. The molecule has 0 saturated heterocycles. The van der Waals surface area contributed by atoms with E-state index >= 15 is 0 Å². The van der Waals surface area contributed by atoms with Gasteiger partial charge in [-0.3, -0.25) is 0 Å². The number of para-hydroxylation sites is 4. The molecule has 6 aromatic heterocycles. The minimum Gasteiger partial charge on any atom is -0.455 e. The van der Waals surface area contributed by atoms with Gasteiger partial charge in [0.05, 0.1) is 11.1 Å². The molecular formula is C55H36F3N6O2+3. The van der Waals surface area contributed by atoms with Crippen molar-refractivity contribution in [3.05, 3.63) is 186 Å². The molecule has 0 bridgehead atoms. The molecular weight excluding hydrogens is 834 g/mol. The topological polar surface area (TPSA) is 68.6 Å². The Morgan fingerprint density at radius 2 is 1.23 bits per heavy atom. The number of aromatic nitrogens is 6. The van der Waals surface area contributed by atoms with Crippen LogP contribution in [0.3, 0.4) is 0 Å². The summed E-state index contributed by atoms with van der Waals surface area (Å²) in [7, 11) is 1.51. The summed E-state index contributed by atoms with van der Waals surface area (Å²) in [4.78, 5) is 4.13. The number of benzene rings is 6. The molecule has 12 aromatic rings. The summed E-state index contributed by atoms with van der Waals surface area (Å²) < 4.78 is 65.0. The smallest absolute Gasteiger partial charge is 0.453 e. The average Bonchev–Trinajstić information content (AvgIpc) is 4.10. The fourth-order valence-electron chi connectivity index (χ4n) is 11.6. The Morgan fingerprint density at radius 1 is 0.621 bits per heavy atom. The van der Waals surface area contributed by atoms with Crippen molar-refractivity contribution in [2.24, 2.45) is 7.05 Å². The second-order valence-corrected chi connectivity index (χ2v) is 17.5. The van der Waals surface area contributed by atoms with E-state index in [2.05, 4.69) is 123 Å². The van der Waals surface area contributed by atoms with E-state index in [0.29, 0.717) is 12.2 Å². The highest BCUT2D eigenvalue weighted by molar-refractivity contribution is 6.12. The van der Waals surface area contributed by atoms with Gasteiger partial charge in [0, 0.05) is 75.8 Å². The van der Waals surface area contributed by atoms with Crippen LogP contribution >= 0.6 is 0 Å². The van der Waals surface area contributed by atoms with Crippen molar-refractivity contribution in [3.8, 4) is 34.0 Å². The summed E-state index contributed by atoms with van der Waals surface area (Å²) >= 11 is 0. The first-order chi connectivity index (χ1) is 32.2. The zero-order valence-electron chi connectivity index (χ0n) is 35.5. The predicted octanol–water partition coefficient (Wildman–Crippen LogP) is 11.5. The van der Waals surface area contributed by atoms with E-state index in [1.807, 2.05) is 71.4 Å². The minimum atomic E-state index is -4.72. The maximum Gasteiger partial charge on any atom is 0.453 e. The number of aryl methyl sites for hydroxylation is 2. The Bertz CT molecular complexity index is 4090. The fraction of sp³-hybridized carbons (Fsp3) is 0.109. The lowest BCUT2D eigenvalue weighted by atomic mass is 9.70. The fourth-order valence-corrected chi connectivity index (χ4v) is 11.6. The lowest BCUT2D eigenvalue weighted by Gasteiger charge is -2.35. The van der Waals surface area contributed by atoms with E-state index in [1.165, 1.54) is 11.7 Å². The van der Waals surface area contributed by atoms with Crippen molar-refractivity contribution in [2.45, 2.75) is 31.2 Å². The normalized spacial score (nSPS) is 16.5. The van der Waals surface area contributed by atoms with Gasteiger partial charge in [-0.2, -0.15) is 31.9 Å². The van der Waals surface area contributed by atoms with Crippen LogP contribution in [0.4, 0.5) is 13.2 Å². The molecule has 2 unspecified atom stereocenters. The van der Waals surface area contributed by atoms with Gasteiger partial charge in [0.1, 0.15) is 33.5 Å². The van der Waals surface area contributed by atoms with Crippen molar-refractivity contribution >= 4 is 65.7 Å². The molecule has 0 saturated carbocycles. The van der Waals surface area contributed by atoms with E-state index in [9.17, 15) is 13.2 Å². The van der Waals surface area contributed by atoms with E-state index in [1.54, 1.807) is 0 Å². The predicted molar refractivity (Wildman–Crippen MR) is 245 cm³/mol. The molecule has 8 nitrogen and oxygen atoms in total. The van der Waals surface area contributed by atoms with Crippen LogP contribution in [0.25, 0.3) is 99.7 Å². The molecule has 0 amide bonds. The van der Waals surface area contributed by atoms with Gasteiger partial charge in [0.15, 0.2) is 6.20 Å². The third kappa shape index (κ3) is 4.76. The summed E-state index contributed by atoms with van der Waals surface area (Å²) in [6.45, 7) is 2.45. The SMILES string of the molecule is Cc1cc2[n+](c3ccccc13)C1(c3ccc4c(oc5ccccc54)c3-c3ccc4ccccc4[n+]3C1C[n+]1ccccc1-c1nc(C(F)(F)F)nn1C)c1ccc3c(oc4ccccc43)c1-2. The van der Waals surface area contributed by atoms with Crippen molar-refractivity contribution in [2.75, 3.05) is 0 Å². The quantitative estimate of drug-likeness (QED) is 0.166. The molecule has 316 valence electrons. The van der Waals surface area contributed by atoms with Gasteiger partial charge in [-0.1, -0.05) is 60.7 Å². The van der Waals surface area contributed by atoms with Crippen LogP contribution in [0, 0.1) is 6.92 Å². The van der Waals surface area contributed by atoms with Crippen LogP contribution in [0.1, 0.15) is 28.6 Å². The van der Waals surface area contributed by atoms with Gasteiger partial charge >= 0.3 is 6.18 Å². The van der Waals surface area contributed by atoms with Crippen molar-refractivity contribution in [3.63, 3.8) is 0 Å². The summed E-state index contributed by atoms with van der Waals surface area (Å²) in [5.41, 5.74) is 11.7. The molecule has 2 aliphatic rings. The first kappa shape index (κ1) is 37.2. The summed E-state index contributed by atoms with van der Waals surface area (Å²) in [6.07, 6.45) is -2.79. The molecule has 2 atom stereocenters. The number of pyridine rings is 3. The Hall–Kier alpha value is -8.18. The van der Waals surface area contributed by atoms with E-state index < -0.39 is 23.6 Å². The first-order valence-corrected chi connectivity index (χ1v) is 22.0. The number of rotatable bonds is 3. The third-order valence-electron chi connectivity index (χ3n) is 14.2. The number of nitrogens with zero attached hydrogens (tertiary/aromatic N) is 6. The number of halogens is 3. The van der Waals surface area contributed by atoms with Gasteiger partial charge in [0.25, 0.3) is 17.4 Å². The standard InChI is InChI=1S/C55H36F3N6O2/c1-31-29-44-49-39(26-24-37-35-16-6-10-21-46(35)66-51(37)49)54(64(44)41-18-8-4-14-33(31)41)38-25-23-36-34-15-5-9-20-45(34)65-50(36)48(38)42-27-22-32-13-3-7-17-40(32)63(42)47(54)30-62-28-12-11-19-43(62)52-59-53(55(56,57)58)60-61(52)2/h3-29,47H,30H2,1-2H3/q+3. The summed E-state index contributed by atoms with van der Waals surface area (Å²) in [5, 5.41) is 10.1. The van der Waals surface area contributed by atoms with Crippen LogP contribution in [0.5, 0.6) is 0 Å². The molecule has 66 heavy (non-hydrogen) atoms. The molecule has 0 N–H and O–H groups in total. The largest absolute Gasteiger partial charge is 0.455 e. The Morgan fingerprint density at radius 3 is 1.91 bits per heavy atom. The van der Waals surface area contributed by atoms with Crippen LogP contribution in [0.15, 0.2) is 173 Å². The van der Waals surface area contributed by atoms with Gasteiger partial charge in [-0.15, -0.1) is 5.10 Å². The molecule has 11 heteroatoms. The molecule has 6 aromatic carbocycles. The van der Waals surface area contributed by atoms with Crippen molar-refractivity contribution in [1.29, 1.82) is 0 Å². The van der Waals surface area contributed by atoms with Gasteiger partial charge in [-0.25, -0.2) is 4.68 Å². The number of hydrogen-bond donors (Lipinski definition) is 0. The van der Waals surface area contributed by atoms with Crippen molar-refractivity contribution in [1.82, 2.24) is 14.8 Å². The molecule has 8 heterocycles. The lowest BCUT2D eigenvalue weighted by Crippen LogP contribution is -2.71. The van der Waals surface area contributed by atoms with Gasteiger partial charge in [-0.05, 0) is 73.2 Å². The molecule has 2 aliphatic heterocycles. The van der Waals surface area contributed by atoms with E-state index in [-0.39, 0.29) is 5.82 Å². The highest BCUT2D eigenvalue weighted by atomic mass is 19.4.